The third-order valence-corrected chi connectivity index (χ3v) is 5.65. The topological polar surface area (TPSA) is 72.3 Å². The first-order chi connectivity index (χ1) is 14.5. The molecule has 3 aromatic rings. The number of ether oxygens (including phenoxy) is 1. The minimum Gasteiger partial charge on any atom is -0.489 e. The zero-order chi connectivity index (χ0) is 21.1. The summed E-state index contributed by atoms with van der Waals surface area (Å²) in [5, 5.41) is 9.86. The third-order valence-electron chi connectivity index (χ3n) is 5.42. The summed E-state index contributed by atoms with van der Waals surface area (Å²) in [5.41, 5.74) is 1.80. The molecular weight excluding hydrogens is 407 g/mol. The summed E-state index contributed by atoms with van der Waals surface area (Å²) in [4.78, 5) is 19.9. The zero-order valence-electron chi connectivity index (χ0n) is 16.1. The molecule has 1 fully saturated rings. The summed E-state index contributed by atoms with van der Waals surface area (Å²) < 4.78 is 19.2. The van der Waals surface area contributed by atoms with Gasteiger partial charge < -0.3 is 9.84 Å². The van der Waals surface area contributed by atoms with Crippen LogP contribution in [0.4, 0.5) is 4.39 Å². The molecule has 0 radical (unpaired) electrons. The smallest absolute Gasteiger partial charge is 0.354 e. The fourth-order valence-corrected chi connectivity index (χ4v) is 4.18. The molecule has 1 N–H and O–H groups in total. The van der Waals surface area contributed by atoms with Crippen molar-refractivity contribution in [2.45, 2.75) is 37.7 Å². The maximum Gasteiger partial charge on any atom is 0.354 e. The number of nitrogens with zero attached hydrogens (tertiary/aromatic N) is 2. The molecule has 2 aromatic carbocycles. The van der Waals surface area contributed by atoms with Crippen molar-refractivity contribution < 1.29 is 19.0 Å². The lowest BCUT2D eigenvalue weighted by Gasteiger charge is -2.22. The van der Waals surface area contributed by atoms with Gasteiger partial charge in [-0.15, -0.1) is 0 Å². The number of carbonyl (C=O) groups is 1. The molecule has 1 saturated carbocycles. The Bertz CT molecular complexity index is 1060. The van der Waals surface area contributed by atoms with E-state index in [9.17, 15) is 14.3 Å². The van der Waals surface area contributed by atoms with Gasteiger partial charge in [0.05, 0.1) is 0 Å². The van der Waals surface area contributed by atoms with E-state index in [0.717, 1.165) is 30.4 Å². The van der Waals surface area contributed by atoms with Crippen LogP contribution in [-0.4, -0.2) is 21.0 Å². The van der Waals surface area contributed by atoms with Gasteiger partial charge in [-0.3, -0.25) is 0 Å². The number of carboxylic acids is 1. The van der Waals surface area contributed by atoms with Crippen molar-refractivity contribution in [1.82, 2.24) is 9.97 Å². The van der Waals surface area contributed by atoms with Crippen LogP contribution in [0, 0.1) is 5.82 Å². The Hall–Kier alpha value is -2.99. The van der Waals surface area contributed by atoms with Crippen LogP contribution in [0.5, 0.6) is 5.75 Å². The van der Waals surface area contributed by atoms with E-state index in [-0.39, 0.29) is 23.3 Å². The maximum atomic E-state index is 13.1. The van der Waals surface area contributed by atoms with Gasteiger partial charge in [0.15, 0.2) is 5.69 Å². The maximum absolute atomic E-state index is 13.1. The standard InChI is InChI=1S/C23H20ClFN2O3/c24-15-6-9-21(30-13-14-4-7-16(25)8-5-14)19(12-15)17-2-1-3-18(17)22-26-11-10-20(27-22)23(28)29/h4-12,17-18H,1-3,13H2,(H,28,29). The number of halogens is 2. The van der Waals surface area contributed by atoms with Crippen LogP contribution >= 0.6 is 11.6 Å². The molecule has 0 aliphatic heterocycles. The Balaban J connectivity index is 1.62. The van der Waals surface area contributed by atoms with Gasteiger partial charge in [0, 0.05) is 17.1 Å². The summed E-state index contributed by atoms with van der Waals surface area (Å²) in [6, 6.07) is 13.1. The molecule has 0 bridgehead atoms. The lowest BCUT2D eigenvalue weighted by Crippen LogP contribution is -2.13. The van der Waals surface area contributed by atoms with Crippen molar-refractivity contribution in [3.05, 3.63) is 88.2 Å². The summed E-state index contributed by atoms with van der Waals surface area (Å²) in [6.45, 7) is 0.303. The number of hydrogen-bond donors (Lipinski definition) is 1. The fourth-order valence-electron chi connectivity index (χ4n) is 4.00. The quantitative estimate of drug-likeness (QED) is 0.555. The first-order valence-electron chi connectivity index (χ1n) is 9.74. The minimum atomic E-state index is -1.07. The summed E-state index contributed by atoms with van der Waals surface area (Å²) >= 11 is 6.28. The van der Waals surface area contributed by atoms with Crippen LogP contribution < -0.4 is 4.74 Å². The monoisotopic (exact) mass is 426 g/mol. The molecule has 30 heavy (non-hydrogen) atoms. The van der Waals surface area contributed by atoms with E-state index in [4.69, 9.17) is 16.3 Å². The highest BCUT2D eigenvalue weighted by molar-refractivity contribution is 6.30. The molecule has 2 unspecified atom stereocenters. The lowest BCUT2D eigenvalue weighted by atomic mass is 9.87. The van der Waals surface area contributed by atoms with Gasteiger partial charge in [0.25, 0.3) is 0 Å². The predicted molar refractivity (Wildman–Crippen MR) is 111 cm³/mol. The molecule has 2 atom stereocenters. The molecule has 0 amide bonds. The number of benzene rings is 2. The third kappa shape index (κ3) is 4.44. The van der Waals surface area contributed by atoms with Crippen LogP contribution in [0.3, 0.4) is 0 Å². The number of carboxylic acid groups (broad SMARTS) is 1. The molecule has 0 saturated heterocycles. The van der Waals surface area contributed by atoms with Gasteiger partial charge in [-0.25, -0.2) is 19.2 Å². The molecule has 1 aromatic heterocycles. The normalized spacial score (nSPS) is 18.3. The number of hydrogen-bond acceptors (Lipinski definition) is 4. The second-order valence-corrected chi connectivity index (χ2v) is 7.78. The molecule has 0 spiro atoms. The average Bonchev–Trinajstić information content (AvgIpc) is 3.24. The van der Waals surface area contributed by atoms with Gasteiger partial charge >= 0.3 is 5.97 Å². The van der Waals surface area contributed by atoms with Gasteiger partial charge in [-0.1, -0.05) is 30.2 Å². The van der Waals surface area contributed by atoms with Gasteiger partial charge in [0.2, 0.25) is 0 Å². The zero-order valence-corrected chi connectivity index (χ0v) is 16.8. The highest BCUT2D eigenvalue weighted by Crippen LogP contribution is 2.48. The molecular formula is C23H20ClFN2O3. The van der Waals surface area contributed by atoms with Crippen molar-refractivity contribution in [2.75, 3.05) is 0 Å². The van der Waals surface area contributed by atoms with E-state index in [0.29, 0.717) is 23.2 Å². The SMILES string of the molecule is O=C(O)c1ccnc(C2CCCC2c2cc(Cl)ccc2OCc2ccc(F)cc2)n1. The molecule has 1 aliphatic carbocycles. The van der Waals surface area contributed by atoms with Crippen LogP contribution in [0.15, 0.2) is 54.7 Å². The van der Waals surface area contributed by atoms with Crippen molar-refractivity contribution in [2.24, 2.45) is 0 Å². The number of rotatable bonds is 6. The van der Waals surface area contributed by atoms with Crippen LogP contribution in [0.1, 0.15) is 58.5 Å². The second-order valence-electron chi connectivity index (χ2n) is 7.35. The fraction of sp³-hybridized carbons (Fsp3) is 0.261. The van der Waals surface area contributed by atoms with E-state index in [1.54, 1.807) is 18.2 Å². The van der Waals surface area contributed by atoms with Gasteiger partial charge in [-0.2, -0.15) is 0 Å². The van der Waals surface area contributed by atoms with Crippen LogP contribution in [-0.2, 0) is 6.61 Å². The van der Waals surface area contributed by atoms with Crippen molar-refractivity contribution in [3.8, 4) is 5.75 Å². The van der Waals surface area contributed by atoms with Crippen molar-refractivity contribution in [1.29, 1.82) is 0 Å². The Labute approximate surface area is 178 Å². The van der Waals surface area contributed by atoms with Crippen molar-refractivity contribution >= 4 is 17.6 Å². The molecule has 4 rings (SSSR count). The first-order valence-corrected chi connectivity index (χ1v) is 10.1. The Morgan fingerprint density at radius 3 is 2.67 bits per heavy atom. The number of aromatic carboxylic acids is 1. The Morgan fingerprint density at radius 1 is 1.13 bits per heavy atom. The average molecular weight is 427 g/mol. The van der Waals surface area contributed by atoms with Crippen LogP contribution in [0.25, 0.3) is 0 Å². The second kappa shape index (κ2) is 8.79. The first kappa shape index (κ1) is 20.3. The summed E-state index contributed by atoms with van der Waals surface area (Å²) in [5.74, 6) is -0.0774. The molecule has 1 aliphatic rings. The summed E-state index contributed by atoms with van der Waals surface area (Å²) in [6.07, 6.45) is 4.22. The minimum absolute atomic E-state index is 0.00970. The molecule has 5 nitrogen and oxygen atoms in total. The highest BCUT2D eigenvalue weighted by atomic mass is 35.5. The van der Waals surface area contributed by atoms with E-state index < -0.39 is 5.97 Å². The number of aromatic nitrogens is 2. The predicted octanol–water partition coefficient (Wildman–Crippen LogP) is 5.60. The van der Waals surface area contributed by atoms with E-state index >= 15 is 0 Å². The molecule has 7 heteroatoms. The Kier molecular flexibility index (Phi) is 5.95. The lowest BCUT2D eigenvalue weighted by molar-refractivity contribution is 0.0689. The molecule has 154 valence electrons. The molecule has 1 heterocycles. The summed E-state index contributed by atoms with van der Waals surface area (Å²) in [7, 11) is 0. The van der Waals surface area contributed by atoms with Crippen molar-refractivity contribution in [3.63, 3.8) is 0 Å². The highest BCUT2D eigenvalue weighted by Gasteiger charge is 2.34. The van der Waals surface area contributed by atoms with E-state index in [1.807, 2.05) is 12.1 Å². The largest absolute Gasteiger partial charge is 0.489 e. The van der Waals surface area contributed by atoms with Gasteiger partial charge in [-0.05, 0) is 66.3 Å². The van der Waals surface area contributed by atoms with Crippen LogP contribution in [0.2, 0.25) is 5.02 Å². The van der Waals surface area contributed by atoms with Gasteiger partial charge in [0.1, 0.15) is 24.0 Å². The Morgan fingerprint density at radius 2 is 1.90 bits per heavy atom. The van der Waals surface area contributed by atoms with E-state index in [2.05, 4.69) is 9.97 Å². The van der Waals surface area contributed by atoms with E-state index in [1.165, 1.54) is 24.4 Å².